The van der Waals surface area contributed by atoms with Crippen LogP contribution in [0.2, 0.25) is 0 Å². The third kappa shape index (κ3) is 3.35. The molecule has 1 atom stereocenters. The van der Waals surface area contributed by atoms with E-state index in [-0.39, 0.29) is 5.91 Å². The predicted molar refractivity (Wildman–Crippen MR) is 95.6 cm³/mol. The molecule has 4 heterocycles. The van der Waals surface area contributed by atoms with Gasteiger partial charge in [0, 0.05) is 38.6 Å². The number of aryl methyl sites for hydroxylation is 1. The van der Waals surface area contributed by atoms with Crippen LogP contribution in [0, 0.1) is 18.8 Å². The number of carbonyl (C=O) groups is 1. The third-order valence-electron chi connectivity index (χ3n) is 5.40. The molecule has 0 unspecified atom stereocenters. The molecule has 0 radical (unpaired) electrons. The Bertz CT molecular complexity index is 728. The van der Waals surface area contributed by atoms with Gasteiger partial charge in [-0.05, 0) is 55.6 Å². The Hall–Kier alpha value is -2.09. The molecule has 2 aliphatic rings. The Balaban J connectivity index is 1.33. The van der Waals surface area contributed by atoms with E-state index in [0.717, 1.165) is 57.1 Å². The summed E-state index contributed by atoms with van der Waals surface area (Å²) < 4.78 is 3.89. The molecular weight excluding hydrogens is 336 g/mol. The maximum Gasteiger partial charge on any atom is 0.267 e. The van der Waals surface area contributed by atoms with Crippen LogP contribution in [-0.2, 0) is 0 Å². The van der Waals surface area contributed by atoms with Crippen molar-refractivity contribution in [2.45, 2.75) is 26.2 Å². The van der Waals surface area contributed by atoms with Crippen LogP contribution in [0.5, 0.6) is 0 Å². The topological polar surface area (TPSA) is 75.1 Å². The summed E-state index contributed by atoms with van der Waals surface area (Å²) in [6.07, 6.45) is 6.98. The number of anilines is 1. The number of piperidine rings is 1. The number of hydrogen-bond donors (Lipinski definition) is 0. The summed E-state index contributed by atoms with van der Waals surface area (Å²) in [5.74, 6) is 2.21. The van der Waals surface area contributed by atoms with Gasteiger partial charge in [0.15, 0.2) is 0 Å². The molecule has 2 aliphatic heterocycles. The quantitative estimate of drug-likeness (QED) is 0.835. The van der Waals surface area contributed by atoms with Crippen molar-refractivity contribution >= 4 is 23.4 Å². The van der Waals surface area contributed by atoms with Gasteiger partial charge in [0.1, 0.15) is 4.88 Å². The molecule has 2 aromatic heterocycles. The lowest BCUT2D eigenvalue weighted by Gasteiger charge is -2.34. The second-order valence-corrected chi connectivity index (χ2v) is 7.61. The van der Waals surface area contributed by atoms with Crippen molar-refractivity contribution in [2.75, 3.05) is 31.1 Å². The molecule has 25 heavy (non-hydrogen) atoms. The molecule has 4 rings (SSSR count). The van der Waals surface area contributed by atoms with Gasteiger partial charge in [0.25, 0.3) is 5.91 Å². The molecule has 2 aromatic rings. The molecule has 2 fully saturated rings. The van der Waals surface area contributed by atoms with Crippen molar-refractivity contribution in [2.24, 2.45) is 11.8 Å². The molecule has 1 amide bonds. The third-order valence-corrected chi connectivity index (χ3v) is 6.21. The second kappa shape index (κ2) is 7.03. The van der Waals surface area contributed by atoms with E-state index in [1.807, 2.05) is 17.9 Å². The summed E-state index contributed by atoms with van der Waals surface area (Å²) in [6, 6.07) is 1.85. The highest BCUT2D eigenvalue weighted by Gasteiger charge is 2.35. The molecule has 2 saturated heterocycles. The summed E-state index contributed by atoms with van der Waals surface area (Å²) in [5, 5.41) is 3.96. The Morgan fingerprint density at radius 3 is 2.52 bits per heavy atom. The van der Waals surface area contributed by atoms with Gasteiger partial charge in [-0.25, -0.2) is 9.97 Å². The number of amides is 1. The summed E-state index contributed by atoms with van der Waals surface area (Å²) in [4.78, 5) is 26.3. The first-order chi connectivity index (χ1) is 12.2. The lowest BCUT2D eigenvalue weighted by atomic mass is 9.84. The number of aromatic nitrogens is 4. The summed E-state index contributed by atoms with van der Waals surface area (Å²) in [7, 11) is 0. The average molecular weight is 358 g/mol. The van der Waals surface area contributed by atoms with Crippen LogP contribution in [-0.4, -0.2) is 56.5 Å². The lowest BCUT2D eigenvalue weighted by molar-refractivity contribution is 0.0784. The summed E-state index contributed by atoms with van der Waals surface area (Å²) in [6.45, 7) is 5.56. The van der Waals surface area contributed by atoms with E-state index in [4.69, 9.17) is 0 Å². The molecular formula is C17H22N6OS. The van der Waals surface area contributed by atoms with Gasteiger partial charge >= 0.3 is 0 Å². The number of likely N-dealkylation sites (tertiary alicyclic amines) is 1. The largest absolute Gasteiger partial charge is 0.341 e. The van der Waals surface area contributed by atoms with Gasteiger partial charge in [-0.15, -0.1) is 5.10 Å². The lowest BCUT2D eigenvalue weighted by Crippen LogP contribution is -2.38. The molecule has 7 nitrogen and oxygen atoms in total. The summed E-state index contributed by atoms with van der Waals surface area (Å²) >= 11 is 1.21. The maximum atomic E-state index is 12.6. The fourth-order valence-electron chi connectivity index (χ4n) is 3.95. The molecule has 8 heteroatoms. The van der Waals surface area contributed by atoms with Crippen molar-refractivity contribution in [3.63, 3.8) is 0 Å². The van der Waals surface area contributed by atoms with Crippen molar-refractivity contribution in [3.05, 3.63) is 29.0 Å². The minimum atomic E-state index is 0.102. The molecule has 0 saturated carbocycles. The fraction of sp³-hybridized carbons (Fsp3) is 0.588. The Morgan fingerprint density at radius 1 is 1.12 bits per heavy atom. The first-order valence-corrected chi connectivity index (χ1v) is 9.60. The fourth-order valence-corrected chi connectivity index (χ4v) is 4.58. The standard InChI is InChI=1S/C17H22N6OS/c1-12-15(25-21-20-12)16(24)23-10-5-14(11-23)13-3-8-22(9-4-13)17-18-6-2-7-19-17/h2,6-7,13-14H,3-5,8-11H2,1H3/t14-/m1/s1. The molecule has 132 valence electrons. The van der Waals surface area contributed by atoms with Crippen LogP contribution in [0.1, 0.15) is 34.6 Å². The Morgan fingerprint density at radius 2 is 1.84 bits per heavy atom. The van der Waals surface area contributed by atoms with Crippen LogP contribution in [0.15, 0.2) is 18.5 Å². The average Bonchev–Trinajstić information content (AvgIpc) is 3.31. The van der Waals surface area contributed by atoms with Crippen molar-refractivity contribution in [1.29, 1.82) is 0 Å². The van der Waals surface area contributed by atoms with Crippen molar-refractivity contribution in [1.82, 2.24) is 24.5 Å². The van der Waals surface area contributed by atoms with E-state index in [1.54, 1.807) is 12.4 Å². The zero-order valence-corrected chi connectivity index (χ0v) is 15.2. The highest BCUT2D eigenvalue weighted by atomic mass is 32.1. The van der Waals surface area contributed by atoms with Crippen LogP contribution < -0.4 is 4.90 Å². The zero-order valence-electron chi connectivity index (χ0n) is 14.3. The normalized spacial score (nSPS) is 21.7. The van der Waals surface area contributed by atoms with Gasteiger partial charge in [0.05, 0.1) is 5.69 Å². The van der Waals surface area contributed by atoms with Crippen LogP contribution in [0.25, 0.3) is 0 Å². The Labute approximate surface area is 151 Å². The van der Waals surface area contributed by atoms with Crippen LogP contribution >= 0.6 is 11.5 Å². The number of nitrogens with zero attached hydrogens (tertiary/aromatic N) is 6. The van der Waals surface area contributed by atoms with E-state index < -0.39 is 0 Å². The smallest absolute Gasteiger partial charge is 0.267 e. The van der Waals surface area contributed by atoms with E-state index >= 15 is 0 Å². The van der Waals surface area contributed by atoms with Gasteiger partial charge < -0.3 is 9.80 Å². The van der Waals surface area contributed by atoms with Crippen LogP contribution in [0.3, 0.4) is 0 Å². The van der Waals surface area contributed by atoms with Gasteiger partial charge in [-0.3, -0.25) is 4.79 Å². The Kier molecular flexibility index (Phi) is 4.61. The van der Waals surface area contributed by atoms with Crippen molar-refractivity contribution < 1.29 is 4.79 Å². The first kappa shape index (κ1) is 16.4. The number of carbonyl (C=O) groups excluding carboxylic acids is 1. The monoisotopic (exact) mass is 358 g/mol. The minimum absolute atomic E-state index is 0.102. The van der Waals surface area contributed by atoms with E-state index in [2.05, 4.69) is 24.5 Å². The second-order valence-electron chi connectivity index (χ2n) is 6.86. The zero-order chi connectivity index (χ0) is 17.2. The SMILES string of the molecule is Cc1nnsc1C(=O)N1CC[C@@H](C2CCN(c3ncccn3)CC2)C1. The molecule has 0 bridgehead atoms. The van der Waals surface area contributed by atoms with Gasteiger partial charge in [-0.1, -0.05) is 4.49 Å². The number of hydrogen-bond acceptors (Lipinski definition) is 7. The maximum absolute atomic E-state index is 12.6. The molecule has 0 aliphatic carbocycles. The van der Waals surface area contributed by atoms with Crippen molar-refractivity contribution in [3.8, 4) is 0 Å². The first-order valence-electron chi connectivity index (χ1n) is 8.82. The van der Waals surface area contributed by atoms with Crippen LogP contribution in [0.4, 0.5) is 5.95 Å². The predicted octanol–water partition coefficient (Wildman–Crippen LogP) is 2.02. The van der Waals surface area contributed by atoms with Gasteiger partial charge in [0.2, 0.25) is 5.95 Å². The van der Waals surface area contributed by atoms with Gasteiger partial charge in [-0.2, -0.15) is 0 Å². The van der Waals surface area contributed by atoms with E-state index in [9.17, 15) is 4.79 Å². The molecule has 0 aromatic carbocycles. The molecule has 0 spiro atoms. The van der Waals surface area contributed by atoms with E-state index in [1.165, 1.54) is 11.5 Å². The highest BCUT2D eigenvalue weighted by molar-refractivity contribution is 7.07. The highest BCUT2D eigenvalue weighted by Crippen LogP contribution is 2.33. The number of rotatable bonds is 3. The minimum Gasteiger partial charge on any atom is -0.341 e. The molecule has 0 N–H and O–H groups in total. The summed E-state index contributed by atoms with van der Waals surface area (Å²) in [5.41, 5.74) is 0.745. The van der Waals surface area contributed by atoms with E-state index in [0.29, 0.717) is 16.7 Å².